The maximum Gasteiger partial charge on any atom is 0.128 e. The van der Waals surface area contributed by atoms with Gasteiger partial charge >= 0.3 is 0 Å². The molecular formula is C15H14O2. The van der Waals surface area contributed by atoms with E-state index in [9.17, 15) is 5.11 Å². The predicted octanol–water partition coefficient (Wildman–Crippen LogP) is 2.86. The minimum absolute atomic E-state index is 0.0774. The monoisotopic (exact) mass is 226 g/mol. The van der Waals surface area contributed by atoms with Crippen molar-refractivity contribution in [1.82, 2.24) is 0 Å². The van der Waals surface area contributed by atoms with Gasteiger partial charge in [0.15, 0.2) is 0 Å². The third-order valence-electron chi connectivity index (χ3n) is 3.23. The number of benzene rings is 2. The van der Waals surface area contributed by atoms with Gasteiger partial charge in [0.05, 0.1) is 6.61 Å². The molecule has 1 atom stereocenters. The van der Waals surface area contributed by atoms with Crippen LogP contribution in [0.5, 0.6) is 5.75 Å². The largest absolute Gasteiger partial charge is 0.485 e. The minimum Gasteiger partial charge on any atom is -0.485 e. The predicted molar refractivity (Wildman–Crippen MR) is 65.9 cm³/mol. The number of ether oxygens (including phenoxy) is 1. The Morgan fingerprint density at radius 2 is 1.88 bits per heavy atom. The molecule has 3 rings (SSSR count). The molecule has 0 aliphatic carbocycles. The van der Waals surface area contributed by atoms with Crippen LogP contribution in [0.4, 0.5) is 0 Å². The number of hydrogen-bond acceptors (Lipinski definition) is 2. The van der Waals surface area contributed by atoms with Crippen LogP contribution in [-0.4, -0.2) is 5.11 Å². The summed E-state index contributed by atoms with van der Waals surface area (Å²) >= 11 is 0. The Morgan fingerprint density at radius 1 is 1.06 bits per heavy atom. The molecule has 0 saturated heterocycles. The first kappa shape index (κ1) is 10.4. The average Bonchev–Trinajstić information content (AvgIpc) is 2.83. The lowest BCUT2D eigenvalue weighted by Gasteiger charge is -2.10. The third-order valence-corrected chi connectivity index (χ3v) is 3.23. The Balaban J connectivity index is 1.93. The summed E-state index contributed by atoms with van der Waals surface area (Å²) < 4.78 is 5.92. The zero-order valence-corrected chi connectivity index (χ0v) is 9.47. The maximum atomic E-state index is 9.30. The van der Waals surface area contributed by atoms with E-state index in [1.54, 1.807) is 0 Å². The van der Waals surface area contributed by atoms with Gasteiger partial charge in [0.25, 0.3) is 0 Å². The first-order valence-electron chi connectivity index (χ1n) is 5.81. The number of fused-ring (bicyclic) bond motifs is 1. The highest BCUT2D eigenvalue weighted by atomic mass is 16.5. The van der Waals surface area contributed by atoms with Gasteiger partial charge in [-0.1, -0.05) is 42.5 Å². The van der Waals surface area contributed by atoms with Gasteiger partial charge in [0, 0.05) is 12.0 Å². The van der Waals surface area contributed by atoms with Gasteiger partial charge in [0.2, 0.25) is 0 Å². The normalized spacial score (nSPS) is 17.6. The van der Waals surface area contributed by atoms with E-state index in [1.165, 1.54) is 5.56 Å². The van der Waals surface area contributed by atoms with Crippen molar-refractivity contribution >= 4 is 0 Å². The highest BCUT2D eigenvalue weighted by molar-refractivity contribution is 5.44. The second-order valence-corrected chi connectivity index (χ2v) is 4.27. The molecule has 0 radical (unpaired) electrons. The van der Waals surface area contributed by atoms with E-state index in [-0.39, 0.29) is 12.7 Å². The molecule has 0 spiro atoms. The molecule has 0 amide bonds. The Hall–Kier alpha value is -1.80. The summed E-state index contributed by atoms with van der Waals surface area (Å²) in [4.78, 5) is 0. The second kappa shape index (κ2) is 4.22. The summed E-state index contributed by atoms with van der Waals surface area (Å²) in [7, 11) is 0. The molecule has 1 heterocycles. The summed E-state index contributed by atoms with van der Waals surface area (Å²) in [6.07, 6.45) is 0.926. The van der Waals surface area contributed by atoms with Crippen molar-refractivity contribution in [3.05, 3.63) is 65.2 Å². The van der Waals surface area contributed by atoms with E-state index < -0.39 is 0 Å². The zero-order chi connectivity index (χ0) is 11.7. The van der Waals surface area contributed by atoms with Crippen LogP contribution in [0.2, 0.25) is 0 Å². The SMILES string of the molecule is OCc1cccc2c1CC(c1ccccc1)O2. The lowest BCUT2D eigenvalue weighted by atomic mass is 10.00. The van der Waals surface area contributed by atoms with E-state index in [2.05, 4.69) is 12.1 Å². The van der Waals surface area contributed by atoms with Crippen molar-refractivity contribution in [2.24, 2.45) is 0 Å². The van der Waals surface area contributed by atoms with Crippen LogP contribution in [0.1, 0.15) is 22.8 Å². The summed E-state index contributed by atoms with van der Waals surface area (Å²) in [5.41, 5.74) is 3.30. The van der Waals surface area contributed by atoms with E-state index in [1.807, 2.05) is 36.4 Å². The van der Waals surface area contributed by atoms with Gasteiger partial charge in [-0.05, 0) is 17.2 Å². The van der Waals surface area contributed by atoms with E-state index in [0.717, 1.165) is 23.3 Å². The summed E-state index contributed by atoms with van der Waals surface area (Å²) in [5, 5.41) is 9.30. The first-order chi connectivity index (χ1) is 8.38. The molecule has 0 bridgehead atoms. The van der Waals surface area contributed by atoms with Crippen molar-refractivity contribution < 1.29 is 9.84 Å². The molecule has 2 heteroatoms. The summed E-state index contributed by atoms with van der Waals surface area (Å²) in [6.45, 7) is 0.0774. The number of aliphatic hydroxyl groups is 1. The van der Waals surface area contributed by atoms with Gasteiger partial charge in [-0.25, -0.2) is 0 Å². The van der Waals surface area contributed by atoms with E-state index in [4.69, 9.17) is 4.74 Å². The molecule has 17 heavy (non-hydrogen) atoms. The van der Waals surface area contributed by atoms with E-state index >= 15 is 0 Å². The maximum absolute atomic E-state index is 9.30. The summed E-state index contributed by atoms with van der Waals surface area (Å²) in [6, 6.07) is 16.1. The molecule has 0 saturated carbocycles. The van der Waals surface area contributed by atoms with Crippen molar-refractivity contribution in [2.45, 2.75) is 19.1 Å². The van der Waals surface area contributed by atoms with Gasteiger partial charge in [0.1, 0.15) is 11.9 Å². The van der Waals surface area contributed by atoms with Crippen LogP contribution in [0.3, 0.4) is 0 Å². The topological polar surface area (TPSA) is 29.5 Å². The lowest BCUT2D eigenvalue weighted by Crippen LogP contribution is -2.02. The minimum atomic E-state index is 0.0774. The van der Waals surface area contributed by atoms with Gasteiger partial charge in [-0.2, -0.15) is 0 Å². The lowest BCUT2D eigenvalue weighted by molar-refractivity contribution is 0.238. The van der Waals surface area contributed by atoms with Gasteiger partial charge in [-0.3, -0.25) is 0 Å². The number of hydrogen-bond donors (Lipinski definition) is 1. The average molecular weight is 226 g/mol. The van der Waals surface area contributed by atoms with Crippen LogP contribution in [0.15, 0.2) is 48.5 Å². The molecule has 86 valence electrons. The molecule has 1 aliphatic heterocycles. The highest BCUT2D eigenvalue weighted by Gasteiger charge is 2.25. The third kappa shape index (κ3) is 1.81. The standard InChI is InChI=1S/C15H14O2/c16-10-12-7-4-8-14-13(12)9-15(17-14)11-5-2-1-3-6-11/h1-8,15-16H,9-10H2. The zero-order valence-electron chi connectivity index (χ0n) is 9.47. The Morgan fingerprint density at radius 3 is 2.65 bits per heavy atom. The Kier molecular flexibility index (Phi) is 2.57. The van der Waals surface area contributed by atoms with Crippen LogP contribution in [0.25, 0.3) is 0 Å². The molecular weight excluding hydrogens is 212 g/mol. The molecule has 1 aliphatic rings. The molecule has 2 aromatic carbocycles. The molecule has 0 fully saturated rings. The van der Waals surface area contributed by atoms with Crippen molar-refractivity contribution in [2.75, 3.05) is 0 Å². The fourth-order valence-corrected chi connectivity index (χ4v) is 2.34. The highest BCUT2D eigenvalue weighted by Crippen LogP contribution is 2.38. The van der Waals surface area contributed by atoms with Crippen molar-refractivity contribution in [3.63, 3.8) is 0 Å². The van der Waals surface area contributed by atoms with Crippen LogP contribution >= 0.6 is 0 Å². The fourth-order valence-electron chi connectivity index (χ4n) is 2.34. The van der Waals surface area contributed by atoms with E-state index in [0.29, 0.717) is 0 Å². The number of rotatable bonds is 2. The van der Waals surface area contributed by atoms with Crippen LogP contribution in [-0.2, 0) is 13.0 Å². The quantitative estimate of drug-likeness (QED) is 0.853. The van der Waals surface area contributed by atoms with Crippen molar-refractivity contribution in [3.8, 4) is 5.75 Å². The molecule has 2 aromatic rings. The Bertz CT molecular complexity index is 520. The molecule has 1 N–H and O–H groups in total. The molecule has 0 aromatic heterocycles. The van der Waals surface area contributed by atoms with Crippen molar-refractivity contribution in [1.29, 1.82) is 0 Å². The van der Waals surface area contributed by atoms with Crippen LogP contribution in [0, 0.1) is 0 Å². The first-order valence-corrected chi connectivity index (χ1v) is 5.81. The van der Waals surface area contributed by atoms with Gasteiger partial charge < -0.3 is 9.84 Å². The molecule has 2 nitrogen and oxygen atoms in total. The summed E-state index contributed by atoms with van der Waals surface area (Å²) in [5.74, 6) is 0.908. The fraction of sp³-hybridized carbons (Fsp3) is 0.200. The van der Waals surface area contributed by atoms with Crippen LogP contribution < -0.4 is 4.74 Å². The smallest absolute Gasteiger partial charge is 0.128 e. The Labute approximate surface area is 100 Å². The number of aliphatic hydroxyl groups excluding tert-OH is 1. The second-order valence-electron chi connectivity index (χ2n) is 4.27. The molecule has 1 unspecified atom stereocenters. The van der Waals surface area contributed by atoms with Gasteiger partial charge in [-0.15, -0.1) is 0 Å².